The zero-order chi connectivity index (χ0) is 15.8. The van der Waals surface area contributed by atoms with E-state index >= 15 is 0 Å². The van der Waals surface area contributed by atoms with E-state index in [1.165, 1.54) is 13.0 Å². The van der Waals surface area contributed by atoms with Crippen LogP contribution in [0.1, 0.15) is 24.6 Å². The van der Waals surface area contributed by atoms with E-state index < -0.39 is 29.0 Å². The Morgan fingerprint density at radius 1 is 1.19 bits per heavy atom. The molecule has 0 saturated heterocycles. The normalized spacial score (nSPS) is 12.0. The maximum Gasteiger partial charge on any atom is 0.433 e. The van der Waals surface area contributed by atoms with Crippen LogP contribution in [-0.2, 0) is 6.18 Å². The zero-order valence-electron chi connectivity index (χ0n) is 11.4. The molecule has 0 spiro atoms. The molecule has 0 atom stereocenters. The van der Waals surface area contributed by atoms with Crippen LogP contribution in [0.4, 0.5) is 27.6 Å². The number of fused-ring (bicyclic) bond motifs is 1. The molecule has 2 rings (SSSR count). The first kappa shape index (κ1) is 15.5. The van der Waals surface area contributed by atoms with Gasteiger partial charge in [-0.2, -0.15) is 13.2 Å². The molecule has 0 radical (unpaired) electrons. The molecule has 1 aromatic carbocycles. The Labute approximate surface area is 118 Å². The second kappa shape index (κ2) is 5.46. The molecule has 2 aromatic rings. The summed E-state index contributed by atoms with van der Waals surface area (Å²) in [5, 5.41) is 2.97. The SMILES string of the molecule is CCCNc1c(C)c(C(F)(F)F)nc2c(F)c(F)ccc12. The second-order valence-electron chi connectivity index (χ2n) is 4.64. The number of anilines is 1. The first-order valence-corrected chi connectivity index (χ1v) is 6.36. The minimum Gasteiger partial charge on any atom is -0.384 e. The van der Waals surface area contributed by atoms with Crippen molar-refractivity contribution in [2.24, 2.45) is 0 Å². The standard InChI is InChI=1S/C14H13F5N2/c1-3-6-20-11-7(2)13(14(17,18)19)21-12-8(11)4-5-9(15)10(12)16/h4-5H,3,6H2,1-2H3,(H,20,21). The van der Waals surface area contributed by atoms with Crippen molar-refractivity contribution < 1.29 is 22.0 Å². The van der Waals surface area contributed by atoms with Crippen LogP contribution in [0.25, 0.3) is 10.9 Å². The Morgan fingerprint density at radius 2 is 1.86 bits per heavy atom. The third-order valence-electron chi connectivity index (χ3n) is 3.11. The molecule has 1 N–H and O–H groups in total. The van der Waals surface area contributed by atoms with Crippen molar-refractivity contribution in [2.45, 2.75) is 26.4 Å². The highest BCUT2D eigenvalue weighted by molar-refractivity contribution is 5.93. The number of aromatic nitrogens is 1. The molecule has 0 bridgehead atoms. The topological polar surface area (TPSA) is 24.9 Å². The molecule has 0 aliphatic heterocycles. The average Bonchev–Trinajstić information content (AvgIpc) is 2.40. The first-order valence-electron chi connectivity index (χ1n) is 6.36. The van der Waals surface area contributed by atoms with E-state index in [4.69, 9.17) is 0 Å². The predicted molar refractivity (Wildman–Crippen MR) is 70.2 cm³/mol. The molecular weight excluding hydrogens is 291 g/mol. The van der Waals surface area contributed by atoms with Gasteiger partial charge in [-0.05, 0) is 25.5 Å². The van der Waals surface area contributed by atoms with Crippen LogP contribution in [-0.4, -0.2) is 11.5 Å². The molecule has 7 heteroatoms. The maximum absolute atomic E-state index is 13.8. The number of nitrogens with zero attached hydrogens (tertiary/aromatic N) is 1. The Balaban J connectivity index is 2.83. The summed E-state index contributed by atoms with van der Waals surface area (Å²) < 4.78 is 66.0. The number of hydrogen-bond donors (Lipinski definition) is 1. The molecule has 1 aromatic heterocycles. The van der Waals surface area contributed by atoms with Crippen molar-refractivity contribution in [1.29, 1.82) is 0 Å². The summed E-state index contributed by atoms with van der Waals surface area (Å²) >= 11 is 0. The average molecular weight is 304 g/mol. The maximum atomic E-state index is 13.8. The molecule has 0 saturated carbocycles. The van der Waals surface area contributed by atoms with Gasteiger partial charge in [0.1, 0.15) is 11.2 Å². The van der Waals surface area contributed by atoms with Gasteiger partial charge in [-0.25, -0.2) is 13.8 Å². The van der Waals surface area contributed by atoms with Gasteiger partial charge in [-0.15, -0.1) is 0 Å². The molecule has 21 heavy (non-hydrogen) atoms. The summed E-state index contributed by atoms with van der Waals surface area (Å²) in [5.41, 5.74) is -1.83. The molecule has 0 aliphatic carbocycles. The quantitative estimate of drug-likeness (QED) is 0.834. The molecule has 0 unspecified atom stereocenters. The van der Waals surface area contributed by atoms with Gasteiger partial charge in [0.2, 0.25) is 0 Å². The van der Waals surface area contributed by atoms with Crippen LogP contribution in [0.3, 0.4) is 0 Å². The summed E-state index contributed by atoms with van der Waals surface area (Å²) in [5.74, 6) is -2.61. The highest BCUT2D eigenvalue weighted by atomic mass is 19.4. The van der Waals surface area contributed by atoms with E-state index in [1.807, 2.05) is 6.92 Å². The fourth-order valence-corrected chi connectivity index (χ4v) is 2.12. The number of hydrogen-bond acceptors (Lipinski definition) is 2. The van der Waals surface area contributed by atoms with E-state index in [2.05, 4.69) is 10.3 Å². The van der Waals surface area contributed by atoms with Crippen molar-refractivity contribution >= 4 is 16.6 Å². The Bertz CT molecular complexity index is 679. The van der Waals surface area contributed by atoms with Crippen molar-refractivity contribution in [1.82, 2.24) is 4.98 Å². The predicted octanol–water partition coefficient (Wildman–Crippen LogP) is 4.66. The molecule has 0 aliphatic rings. The summed E-state index contributed by atoms with van der Waals surface area (Å²) in [4.78, 5) is 3.30. The lowest BCUT2D eigenvalue weighted by atomic mass is 10.1. The van der Waals surface area contributed by atoms with Crippen LogP contribution in [0.5, 0.6) is 0 Å². The van der Waals surface area contributed by atoms with Gasteiger partial charge in [0.05, 0.1) is 0 Å². The zero-order valence-corrected chi connectivity index (χ0v) is 11.4. The van der Waals surface area contributed by atoms with E-state index in [0.717, 1.165) is 6.07 Å². The van der Waals surface area contributed by atoms with Gasteiger partial charge in [0.15, 0.2) is 11.6 Å². The summed E-state index contributed by atoms with van der Waals surface area (Å²) in [6, 6.07) is 2.11. The van der Waals surface area contributed by atoms with Gasteiger partial charge in [-0.1, -0.05) is 6.92 Å². The number of nitrogens with one attached hydrogen (secondary N) is 1. The summed E-state index contributed by atoms with van der Waals surface area (Å²) in [6.45, 7) is 3.52. The Hall–Kier alpha value is -1.92. The fraction of sp³-hybridized carbons (Fsp3) is 0.357. The minimum absolute atomic E-state index is 0.130. The minimum atomic E-state index is -4.74. The largest absolute Gasteiger partial charge is 0.433 e. The van der Waals surface area contributed by atoms with Crippen LogP contribution in [0.15, 0.2) is 12.1 Å². The monoisotopic (exact) mass is 304 g/mol. The van der Waals surface area contributed by atoms with Crippen molar-refractivity contribution in [2.75, 3.05) is 11.9 Å². The van der Waals surface area contributed by atoms with Gasteiger partial charge in [-0.3, -0.25) is 0 Å². The fourth-order valence-electron chi connectivity index (χ4n) is 2.12. The Morgan fingerprint density at radius 3 is 2.43 bits per heavy atom. The van der Waals surface area contributed by atoms with Crippen molar-refractivity contribution in [3.05, 3.63) is 35.0 Å². The van der Waals surface area contributed by atoms with Gasteiger partial charge >= 0.3 is 6.18 Å². The lowest BCUT2D eigenvalue weighted by Crippen LogP contribution is -2.14. The number of rotatable bonds is 3. The van der Waals surface area contributed by atoms with Crippen LogP contribution < -0.4 is 5.32 Å². The third-order valence-corrected chi connectivity index (χ3v) is 3.11. The van der Waals surface area contributed by atoms with Crippen LogP contribution >= 0.6 is 0 Å². The van der Waals surface area contributed by atoms with Gasteiger partial charge in [0.25, 0.3) is 0 Å². The molecule has 2 nitrogen and oxygen atoms in total. The summed E-state index contributed by atoms with van der Waals surface area (Å²) in [7, 11) is 0. The van der Waals surface area contributed by atoms with Crippen molar-refractivity contribution in [3.63, 3.8) is 0 Å². The smallest absolute Gasteiger partial charge is 0.384 e. The molecule has 0 amide bonds. The van der Waals surface area contributed by atoms with E-state index in [1.54, 1.807) is 0 Å². The van der Waals surface area contributed by atoms with Gasteiger partial charge in [0, 0.05) is 23.2 Å². The molecule has 0 fully saturated rings. The molecular formula is C14H13F5N2. The number of benzene rings is 1. The lowest BCUT2D eigenvalue weighted by molar-refractivity contribution is -0.141. The van der Waals surface area contributed by atoms with E-state index in [9.17, 15) is 22.0 Å². The van der Waals surface area contributed by atoms with Crippen molar-refractivity contribution in [3.8, 4) is 0 Å². The van der Waals surface area contributed by atoms with Crippen LogP contribution in [0, 0.1) is 18.6 Å². The number of alkyl halides is 3. The van der Waals surface area contributed by atoms with E-state index in [0.29, 0.717) is 13.0 Å². The number of halogens is 5. The van der Waals surface area contributed by atoms with Crippen LogP contribution in [0.2, 0.25) is 0 Å². The van der Waals surface area contributed by atoms with E-state index in [-0.39, 0.29) is 16.6 Å². The molecule has 1 heterocycles. The lowest BCUT2D eigenvalue weighted by Gasteiger charge is -2.17. The Kier molecular flexibility index (Phi) is 4.02. The highest BCUT2D eigenvalue weighted by Gasteiger charge is 2.36. The third kappa shape index (κ3) is 2.77. The second-order valence-corrected chi connectivity index (χ2v) is 4.64. The van der Waals surface area contributed by atoms with Gasteiger partial charge < -0.3 is 5.32 Å². The highest BCUT2D eigenvalue weighted by Crippen LogP contribution is 2.37. The number of pyridine rings is 1. The first-order chi connectivity index (χ1) is 9.77. The molecule has 114 valence electrons. The summed E-state index contributed by atoms with van der Waals surface area (Å²) in [6.07, 6.45) is -4.06.